The minimum absolute atomic E-state index is 0.0354. The third-order valence-corrected chi connectivity index (χ3v) is 6.65. The van der Waals surface area contributed by atoms with Crippen LogP contribution in [-0.4, -0.2) is 64.5 Å². The zero-order chi connectivity index (χ0) is 30.5. The molecule has 0 radical (unpaired) electrons. The van der Waals surface area contributed by atoms with E-state index in [4.69, 9.17) is 9.90 Å². The van der Waals surface area contributed by atoms with Crippen LogP contribution in [0.25, 0.3) is 0 Å². The number of hydrogen-bond acceptors (Lipinski definition) is 5. The molecule has 0 bridgehead atoms. The van der Waals surface area contributed by atoms with E-state index in [0.717, 1.165) is 38.2 Å². The minimum Gasteiger partial charge on any atom is -0.542 e. The Morgan fingerprint density at radius 1 is 1.00 bits per heavy atom. The largest absolute Gasteiger partial charge is 0.542 e. The average Bonchev–Trinajstić information content (AvgIpc) is 2.90. The van der Waals surface area contributed by atoms with Crippen molar-refractivity contribution in [2.75, 3.05) is 19.6 Å². The third-order valence-electron chi connectivity index (χ3n) is 6.65. The van der Waals surface area contributed by atoms with Crippen molar-refractivity contribution < 1.29 is 55.3 Å². The maximum Gasteiger partial charge on any atom is 0.430 e. The highest BCUT2D eigenvalue weighted by molar-refractivity contribution is 5.97. The number of rotatable bonds is 4. The van der Waals surface area contributed by atoms with E-state index < -0.39 is 41.2 Å². The molecular weight excluding hydrogens is 569 g/mol. The third kappa shape index (κ3) is 8.27. The molecule has 4 rings (SSSR count). The van der Waals surface area contributed by atoms with Crippen LogP contribution in [0.3, 0.4) is 0 Å². The number of halogens is 7. The Bertz CT molecular complexity index is 1340. The Balaban J connectivity index is 0.000000587. The lowest BCUT2D eigenvalue weighted by Crippen LogP contribution is -2.55. The van der Waals surface area contributed by atoms with Crippen molar-refractivity contribution >= 4 is 17.8 Å². The molecular formula is C25H25F7N4O5. The Morgan fingerprint density at radius 3 is 2.20 bits per heavy atom. The van der Waals surface area contributed by atoms with E-state index in [2.05, 4.69) is 5.10 Å². The molecule has 0 unspecified atom stereocenters. The van der Waals surface area contributed by atoms with Crippen LogP contribution < -0.4 is 15.8 Å². The highest BCUT2D eigenvalue weighted by Gasteiger charge is 2.36. The molecule has 9 nitrogen and oxygen atoms in total. The molecule has 1 saturated heterocycles. The predicted octanol–water partition coefficient (Wildman–Crippen LogP) is 1.85. The van der Waals surface area contributed by atoms with Crippen LogP contribution in [0.1, 0.15) is 59.3 Å². The predicted molar refractivity (Wildman–Crippen MR) is 123 cm³/mol. The topological polar surface area (TPSA) is 128 Å². The van der Waals surface area contributed by atoms with Gasteiger partial charge in [-0.05, 0) is 30.5 Å². The monoisotopic (exact) mass is 594 g/mol. The maximum absolute atomic E-state index is 14.5. The van der Waals surface area contributed by atoms with Crippen LogP contribution >= 0.6 is 0 Å². The van der Waals surface area contributed by atoms with E-state index in [9.17, 15) is 45.1 Å². The molecule has 1 saturated carbocycles. The number of aromatic nitrogens is 2. The summed E-state index contributed by atoms with van der Waals surface area (Å²) in [5.41, 5.74) is -2.50. The smallest absolute Gasteiger partial charge is 0.430 e. The normalized spacial score (nSPS) is 16.7. The van der Waals surface area contributed by atoms with Crippen LogP contribution in [0.4, 0.5) is 30.7 Å². The number of aliphatic carboxylic acids is 1. The lowest BCUT2D eigenvalue weighted by molar-refractivity contribution is -0.467. The number of carbonyl (C=O) groups excluding carboxylic acids is 3. The summed E-state index contributed by atoms with van der Waals surface area (Å²) in [6.07, 6.45) is -4.91. The molecule has 2 amide bonds. The minimum atomic E-state index is -5.19. The van der Waals surface area contributed by atoms with Crippen molar-refractivity contribution in [2.24, 2.45) is 0 Å². The summed E-state index contributed by atoms with van der Waals surface area (Å²) < 4.78 is 85.1. The Labute approximate surface area is 227 Å². The number of piperazine rings is 1. The molecule has 2 N–H and O–H groups in total. The lowest BCUT2D eigenvalue weighted by atomic mass is 9.93. The molecule has 1 aromatic heterocycles. The number of H-pyrrole nitrogens is 2. The van der Waals surface area contributed by atoms with Gasteiger partial charge in [-0.15, -0.1) is 10.2 Å². The van der Waals surface area contributed by atoms with Crippen molar-refractivity contribution in [1.29, 1.82) is 0 Å². The quantitative estimate of drug-likeness (QED) is 0.541. The molecule has 16 heteroatoms. The fourth-order valence-electron chi connectivity index (χ4n) is 4.66. The van der Waals surface area contributed by atoms with Gasteiger partial charge in [-0.1, -0.05) is 25.3 Å². The number of aromatic amines is 2. The molecule has 0 spiro atoms. The number of carboxylic acid groups (broad SMARTS) is 1. The number of alkyl halides is 6. The van der Waals surface area contributed by atoms with Crippen LogP contribution in [0.15, 0.2) is 29.1 Å². The molecule has 2 aliphatic rings. The zero-order valence-corrected chi connectivity index (χ0v) is 21.3. The number of benzene rings is 1. The molecule has 224 valence electrons. The lowest BCUT2D eigenvalue weighted by Gasteiger charge is -2.40. The first-order chi connectivity index (χ1) is 19.1. The van der Waals surface area contributed by atoms with Crippen molar-refractivity contribution in [3.05, 3.63) is 62.8 Å². The second-order valence-corrected chi connectivity index (χ2v) is 9.54. The van der Waals surface area contributed by atoms with E-state index in [1.54, 1.807) is 0 Å². The highest BCUT2D eigenvalue weighted by Crippen LogP contribution is 2.27. The Hall–Kier alpha value is -3.98. The molecule has 2 fully saturated rings. The molecule has 1 aromatic carbocycles. The van der Waals surface area contributed by atoms with Gasteiger partial charge in [-0.3, -0.25) is 14.4 Å². The summed E-state index contributed by atoms with van der Waals surface area (Å²) in [6, 6.07) is 4.56. The van der Waals surface area contributed by atoms with Gasteiger partial charge in [-0.25, -0.2) is 4.39 Å². The number of nitrogens with zero attached hydrogens (tertiary/aromatic N) is 2. The van der Waals surface area contributed by atoms with E-state index in [0.29, 0.717) is 18.2 Å². The van der Waals surface area contributed by atoms with Gasteiger partial charge in [0, 0.05) is 25.2 Å². The van der Waals surface area contributed by atoms with Gasteiger partial charge in [0.15, 0.2) is 0 Å². The average molecular weight is 594 g/mol. The first kappa shape index (κ1) is 31.5. The van der Waals surface area contributed by atoms with Crippen molar-refractivity contribution in [2.45, 2.75) is 56.9 Å². The van der Waals surface area contributed by atoms with Gasteiger partial charge in [0.05, 0.1) is 12.0 Å². The Kier molecular flexibility index (Phi) is 9.76. The SMILES string of the molecule is O=C([O-])C(F)(F)F.O=C(c1cc(Cc2cc(C(F)(F)F)c(=O)[nH][nH+]2)ccc1F)N1CCN(C2CCCCC2)C(=O)C1. The molecule has 2 heterocycles. The molecule has 2 aromatic rings. The van der Waals surface area contributed by atoms with Crippen LogP contribution in [0, 0.1) is 5.82 Å². The number of amides is 2. The van der Waals surface area contributed by atoms with E-state index in [-0.39, 0.29) is 42.7 Å². The summed E-state index contributed by atoms with van der Waals surface area (Å²) in [5.74, 6) is -4.59. The summed E-state index contributed by atoms with van der Waals surface area (Å²) in [7, 11) is 0. The summed E-state index contributed by atoms with van der Waals surface area (Å²) in [5, 5.41) is 13.1. The van der Waals surface area contributed by atoms with Crippen molar-refractivity contribution in [3.8, 4) is 0 Å². The van der Waals surface area contributed by atoms with Crippen LogP contribution in [0.5, 0.6) is 0 Å². The molecule has 1 aliphatic carbocycles. The maximum atomic E-state index is 14.5. The number of carboxylic acids is 1. The summed E-state index contributed by atoms with van der Waals surface area (Å²) in [6.45, 7) is 0.540. The summed E-state index contributed by atoms with van der Waals surface area (Å²) in [4.78, 5) is 49.0. The molecule has 41 heavy (non-hydrogen) atoms. The Morgan fingerprint density at radius 2 is 1.63 bits per heavy atom. The van der Waals surface area contributed by atoms with Crippen LogP contribution in [0.2, 0.25) is 0 Å². The number of hydrogen-bond donors (Lipinski definition) is 1. The highest BCUT2D eigenvalue weighted by atomic mass is 19.4. The second-order valence-electron chi connectivity index (χ2n) is 9.54. The van der Waals surface area contributed by atoms with Crippen LogP contribution in [-0.2, 0) is 22.2 Å². The standard InChI is InChI=1S/C23H24F4N4O3.C2HF3O2/c24-19-7-6-14(10-15-12-18(23(25,26)27)21(33)29-28-15)11-17(19)22(34)30-8-9-31(20(32)13-30)16-4-2-1-3-5-16;3-2(4,5)1(6)7/h6-7,11-12,16H,1-5,8-10,13H2,(H,29,33);(H,6,7). The van der Waals surface area contributed by atoms with E-state index in [1.165, 1.54) is 17.0 Å². The van der Waals surface area contributed by atoms with Crippen molar-refractivity contribution in [3.63, 3.8) is 0 Å². The van der Waals surface area contributed by atoms with Gasteiger partial charge in [0.2, 0.25) is 11.6 Å². The fraction of sp³-hybridized carbons (Fsp3) is 0.480. The first-order valence-corrected chi connectivity index (χ1v) is 12.4. The van der Waals surface area contributed by atoms with Gasteiger partial charge >= 0.3 is 17.9 Å². The molecule has 0 atom stereocenters. The summed E-state index contributed by atoms with van der Waals surface area (Å²) >= 11 is 0. The number of carbonyl (C=O) groups is 3. The fourth-order valence-corrected chi connectivity index (χ4v) is 4.66. The van der Waals surface area contributed by atoms with Gasteiger partial charge in [-0.2, -0.15) is 26.3 Å². The molecule has 1 aliphatic heterocycles. The van der Waals surface area contributed by atoms with Gasteiger partial charge < -0.3 is 19.7 Å². The van der Waals surface area contributed by atoms with Gasteiger partial charge in [0.25, 0.3) is 5.91 Å². The van der Waals surface area contributed by atoms with Crippen molar-refractivity contribution in [1.82, 2.24) is 14.9 Å². The van der Waals surface area contributed by atoms with Gasteiger partial charge in [0.1, 0.15) is 23.9 Å². The second kappa shape index (κ2) is 12.7. The zero-order valence-electron chi connectivity index (χ0n) is 21.3. The number of nitrogens with one attached hydrogen (secondary N) is 2. The first-order valence-electron chi connectivity index (χ1n) is 12.4. The van der Waals surface area contributed by atoms with E-state index in [1.807, 2.05) is 10.00 Å². The van der Waals surface area contributed by atoms with E-state index >= 15 is 0 Å².